The second-order valence-electron chi connectivity index (χ2n) is 0. The maximum absolute atomic E-state index is 0. The SMILES string of the molecule is [Bi].[Ce].[Cr].[Nb].[RbH].[Ti].[Tl].[W].[Zn].[Zr]. The van der Waals surface area contributed by atoms with Gasteiger partial charge < -0.3 is 0 Å². The molecule has 0 aliphatic heterocycles. The van der Waals surface area contributed by atoms with Gasteiger partial charge in [-0.25, -0.2) is 0 Å². The zero-order valence-corrected chi connectivity index (χ0v) is 29.0. The molecule has 0 saturated carbocycles. The summed E-state index contributed by atoms with van der Waals surface area (Å²) in [5.74, 6) is 0. The van der Waals surface area contributed by atoms with E-state index < -0.39 is 0 Å². The Kier molecular flexibility index (Phi) is 480. The number of hydrogen-bond acceptors (Lipinski definition) is 0. The second kappa shape index (κ2) is 63.7. The Balaban J connectivity index is 0. The first kappa shape index (κ1) is 75.3. The first-order valence-corrected chi connectivity index (χ1v) is 0. The van der Waals surface area contributed by atoms with Gasteiger partial charge in [0.15, 0.2) is 0 Å². The molecule has 0 spiro atoms. The van der Waals surface area contributed by atoms with E-state index in [1.807, 2.05) is 0 Å². The fourth-order valence-corrected chi connectivity index (χ4v) is 0. The van der Waals surface area contributed by atoms with E-state index in [2.05, 4.69) is 0 Å². The summed E-state index contributed by atoms with van der Waals surface area (Å²) in [6.07, 6.45) is 0. The average Bonchev–Trinajstić information content (AvgIpc) is 0. The van der Waals surface area contributed by atoms with E-state index in [0.717, 1.165) is 0 Å². The molecule has 0 aliphatic rings. The van der Waals surface area contributed by atoms with Crippen LogP contribution in [0.5, 0.6) is 0 Å². The van der Waals surface area contributed by atoms with Crippen LogP contribution < -0.4 is 0 Å². The number of rotatable bonds is 0. The van der Waals surface area contributed by atoms with Crippen molar-refractivity contribution in [2.75, 3.05) is 0 Å². The van der Waals surface area contributed by atoms with Gasteiger partial charge in [-0.15, -0.1) is 0 Å². The molecule has 41 valence electrons. The van der Waals surface area contributed by atoms with Crippen molar-refractivity contribution in [2.24, 2.45) is 0 Å². The molecule has 5 radical (unpaired) electrons. The Morgan fingerprint density at radius 2 is 1.00 bits per heavy atom. The van der Waals surface area contributed by atoms with Gasteiger partial charge in [0.05, 0.1) is 0 Å². The third-order valence-electron chi connectivity index (χ3n) is 0. The molecular formula is HBiCeCrNbRbTiTlWZnZr. The van der Waals surface area contributed by atoms with Crippen LogP contribution in [0.4, 0.5) is 0 Å². The van der Waals surface area contributed by atoms with E-state index in [-0.39, 0.29) is 282 Å². The largest absolute Gasteiger partial charge is 0 e. The summed E-state index contributed by atoms with van der Waals surface area (Å²) in [5, 5.41) is 0. The molecule has 0 rings (SSSR count). The van der Waals surface area contributed by atoms with Gasteiger partial charge >= 0.3 is 58.2 Å². The van der Waals surface area contributed by atoms with E-state index in [0.29, 0.717) is 0 Å². The smallest absolute Gasteiger partial charge is 0 e. The molecule has 0 aromatic heterocycles. The molecule has 0 heterocycles. The predicted octanol–water partition coefficient (Wildman–Crippen LogP) is -1.43. The Morgan fingerprint density at radius 3 is 1.00 bits per heavy atom. The monoisotopic (exact) mass is 1170 g/mol. The molecule has 10 heavy (non-hydrogen) atoms. The van der Waals surface area contributed by atoms with Crippen LogP contribution in [0.1, 0.15) is 0 Å². The molecule has 0 aliphatic carbocycles. The second-order valence-corrected chi connectivity index (χ2v) is 0. The van der Waals surface area contributed by atoms with Gasteiger partial charge in [0.25, 0.3) is 0 Å². The first-order chi connectivity index (χ1) is 0. The van der Waals surface area contributed by atoms with Crippen LogP contribution in [0.3, 0.4) is 0 Å². The van der Waals surface area contributed by atoms with Crippen molar-refractivity contribution in [2.45, 2.75) is 0 Å². The molecular weight excluding hydrogens is 1170 g/mol. The van der Waals surface area contributed by atoms with Gasteiger partial charge in [-0.3, -0.25) is 0 Å². The number of hydrogen-bond donors (Lipinski definition) is 0. The van der Waals surface area contributed by atoms with Crippen molar-refractivity contribution in [1.82, 2.24) is 0 Å². The van der Waals surface area contributed by atoms with Gasteiger partial charge in [0.1, 0.15) is 0 Å². The summed E-state index contributed by atoms with van der Waals surface area (Å²) in [6, 6.07) is 0. The summed E-state index contributed by atoms with van der Waals surface area (Å²) >= 11 is 0. The normalized spacial score (nSPS) is 0. The van der Waals surface area contributed by atoms with E-state index in [1.54, 1.807) is 0 Å². The molecule has 0 saturated heterocycles. The Morgan fingerprint density at radius 1 is 1.00 bits per heavy atom. The molecule has 0 unspecified atom stereocenters. The fourth-order valence-electron chi connectivity index (χ4n) is 0. The summed E-state index contributed by atoms with van der Waals surface area (Å²) in [5.41, 5.74) is 0. The average molecular weight is 1170 g/mol. The third-order valence-corrected chi connectivity index (χ3v) is 0. The van der Waals surface area contributed by atoms with Gasteiger partial charge in [0, 0.05) is 223 Å². The van der Waals surface area contributed by atoms with Gasteiger partial charge in [-0.05, 0) is 0 Å². The van der Waals surface area contributed by atoms with Crippen LogP contribution in [0.15, 0.2) is 0 Å². The van der Waals surface area contributed by atoms with Crippen molar-refractivity contribution >= 4 is 112 Å². The minimum Gasteiger partial charge on any atom is 0 e. The first-order valence-electron chi connectivity index (χ1n) is 0. The fraction of sp³-hybridized carbons (Fsp3) is 0. The van der Waals surface area contributed by atoms with Crippen molar-refractivity contribution in [3.8, 4) is 0 Å². The summed E-state index contributed by atoms with van der Waals surface area (Å²) in [6.45, 7) is 0. The van der Waals surface area contributed by atoms with Crippen LogP contribution in [-0.4, -0.2) is 112 Å². The minimum absolute atomic E-state index is 0. The van der Waals surface area contributed by atoms with Gasteiger partial charge in [-0.1, -0.05) is 0 Å². The van der Waals surface area contributed by atoms with Crippen LogP contribution in [-0.2, 0) is 128 Å². The van der Waals surface area contributed by atoms with Gasteiger partial charge in [0.2, 0.25) is 0 Å². The van der Waals surface area contributed by atoms with Crippen molar-refractivity contribution in [3.63, 3.8) is 0 Å². The molecule has 10 heteroatoms. The molecule has 0 fully saturated rings. The van der Waals surface area contributed by atoms with Crippen LogP contribution in [0, 0.1) is 41.7 Å². The molecule has 0 aromatic carbocycles. The maximum Gasteiger partial charge on any atom is 0 e. The Labute approximate surface area is 272 Å². The van der Waals surface area contributed by atoms with E-state index in [9.17, 15) is 0 Å². The Bertz CT molecular complexity index is 33.2. The van der Waals surface area contributed by atoms with Crippen molar-refractivity contribution in [1.29, 1.82) is 0 Å². The quantitative estimate of drug-likeness (QED) is 0.262. The van der Waals surface area contributed by atoms with E-state index in [1.165, 1.54) is 0 Å². The molecule has 0 N–H and O–H groups in total. The van der Waals surface area contributed by atoms with Gasteiger partial charge in [-0.2, -0.15) is 0 Å². The van der Waals surface area contributed by atoms with Crippen LogP contribution >= 0.6 is 0 Å². The predicted molar refractivity (Wildman–Crippen MR) is 18.7 cm³/mol. The Hall–Kier alpha value is 9.17. The zero-order valence-electron chi connectivity index (χ0n) is 4.50. The molecule has 0 amide bonds. The minimum atomic E-state index is 0. The zero-order chi connectivity index (χ0) is 0. The topological polar surface area (TPSA) is 0 Å². The summed E-state index contributed by atoms with van der Waals surface area (Å²) < 4.78 is 0. The summed E-state index contributed by atoms with van der Waals surface area (Å²) in [4.78, 5) is 0. The molecule has 0 aromatic rings. The van der Waals surface area contributed by atoms with Crippen LogP contribution in [0.25, 0.3) is 0 Å². The molecule has 0 bridgehead atoms. The van der Waals surface area contributed by atoms with E-state index >= 15 is 0 Å². The van der Waals surface area contributed by atoms with Crippen LogP contribution in [0.2, 0.25) is 0 Å². The summed E-state index contributed by atoms with van der Waals surface area (Å²) in [7, 11) is 0. The van der Waals surface area contributed by atoms with Crippen molar-refractivity contribution < 1.29 is 170 Å². The third kappa shape index (κ3) is 53.4. The standard InChI is InChI=1S/Bi.Ce.Cr.Nb.Rb.Ti.Tl.W.Zn.Zr.H. The van der Waals surface area contributed by atoms with Crippen molar-refractivity contribution in [3.05, 3.63) is 0 Å². The maximum atomic E-state index is 0. The molecule has 0 nitrogen and oxygen atoms in total. The molecule has 0 atom stereocenters. The van der Waals surface area contributed by atoms with E-state index in [4.69, 9.17) is 0 Å².